The summed E-state index contributed by atoms with van der Waals surface area (Å²) in [5.74, 6) is -0.630. The first-order valence-electron chi connectivity index (χ1n) is 7.47. The van der Waals surface area contributed by atoms with Gasteiger partial charge in [-0.1, -0.05) is 46.3 Å². The standard InChI is InChI=1S/C18H15BrN2O3/c1-20-15-10-14(13-7-2-3-8-16(13)21(23)24)18(22)17(15)11-5-4-6-12(19)9-11/h2-9,14,20H,10H2,1H3. The van der Waals surface area contributed by atoms with Gasteiger partial charge in [-0.15, -0.1) is 0 Å². The number of hydrogen-bond acceptors (Lipinski definition) is 4. The maximum absolute atomic E-state index is 13.0. The van der Waals surface area contributed by atoms with Crippen LogP contribution in [0.1, 0.15) is 23.5 Å². The lowest BCUT2D eigenvalue weighted by atomic mass is 9.91. The fourth-order valence-electron chi connectivity index (χ4n) is 3.11. The Bertz CT molecular complexity index is 861. The zero-order chi connectivity index (χ0) is 17.3. The number of nitro groups is 1. The number of allylic oxidation sites excluding steroid dienone is 2. The average molecular weight is 387 g/mol. The molecule has 0 aromatic heterocycles. The molecule has 0 radical (unpaired) electrons. The number of halogens is 1. The van der Waals surface area contributed by atoms with E-state index in [0.717, 1.165) is 15.7 Å². The molecule has 1 aliphatic carbocycles. The first-order valence-corrected chi connectivity index (χ1v) is 8.26. The van der Waals surface area contributed by atoms with Crippen molar-refractivity contribution in [1.82, 2.24) is 5.32 Å². The van der Waals surface area contributed by atoms with Crippen molar-refractivity contribution in [2.24, 2.45) is 0 Å². The molecule has 0 aliphatic heterocycles. The van der Waals surface area contributed by atoms with Gasteiger partial charge in [0.05, 0.1) is 10.8 Å². The van der Waals surface area contributed by atoms with Crippen molar-refractivity contribution in [3.8, 4) is 0 Å². The number of nitrogens with zero attached hydrogens (tertiary/aromatic N) is 1. The second-order valence-electron chi connectivity index (χ2n) is 5.55. The second-order valence-corrected chi connectivity index (χ2v) is 6.47. The third-order valence-corrected chi connectivity index (χ3v) is 4.69. The summed E-state index contributed by atoms with van der Waals surface area (Å²) in [7, 11) is 1.77. The van der Waals surface area contributed by atoms with Crippen molar-refractivity contribution in [2.75, 3.05) is 7.05 Å². The van der Waals surface area contributed by atoms with Crippen LogP contribution in [0.5, 0.6) is 0 Å². The summed E-state index contributed by atoms with van der Waals surface area (Å²) in [5.41, 5.74) is 2.66. The zero-order valence-electron chi connectivity index (χ0n) is 13.0. The molecule has 6 heteroatoms. The van der Waals surface area contributed by atoms with Gasteiger partial charge in [0.2, 0.25) is 0 Å². The van der Waals surface area contributed by atoms with Gasteiger partial charge in [-0.3, -0.25) is 14.9 Å². The molecule has 0 spiro atoms. The molecule has 1 unspecified atom stereocenters. The molecule has 1 atom stereocenters. The number of ketones is 1. The van der Waals surface area contributed by atoms with Crippen LogP contribution in [0.3, 0.4) is 0 Å². The van der Waals surface area contributed by atoms with E-state index in [-0.39, 0.29) is 11.5 Å². The van der Waals surface area contributed by atoms with Crippen molar-refractivity contribution in [2.45, 2.75) is 12.3 Å². The number of para-hydroxylation sites is 1. The summed E-state index contributed by atoms with van der Waals surface area (Å²) in [5, 5.41) is 14.4. The molecule has 3 rings (SSSR count). The maximum Gasteiger partial charge on any atom is 0.273 e. The molecular formula is C18H15BrN2O3. The van der Waals surface area contributed by atoms with Crippen LogP contribution < -0.4 is 5.32 Å². The summed E-state index contributed by atoms with van der Waals surface area (Å²) in [4.78, 5) is 23.9. The van der Waals surface area contributed by atoms with Crippen LogP contribution in [0.2, 0.25) is 0 Å². The number of Topliss-reactive ketones (excluding diaryl/α,β-unsaturated/α-hetero) is 1. The van der Waals surface area contributed by atoms with E-state index in [2.05, 4.69) is 21.2 Å². The Balaban J connectivity index is 2.06. The third-order valence-electron chi connectivity index (χ3n) is 4.20. The molecule has 0 amide bonds. The summed E-state index contributed by atoms with van der Waals surface area (Å²) in [6.07, 6.45) is 0.433. The van der Waals surface area contributed by atoms with E-state index in [0.29, 0.717) is 17.6 Å². The van der Waals surface area contributed by atoms with Gasteiger partial charge in [-0.25, -0.2) is 0 Å². The molecular weight excluding hydrogens is 372 g/mol. The van der Waals surface area contributed by atoms with Crippen molar-refractivity contribution < 1.29 is 9.72 Å². The SMILES string of the molecule is CNC1=C(c2cccc(Br)c2)C(=O)C(c2ccccc2[N+](=O)[O-])C1. The quantitative estimate of drug-likeness (QED) is 0.635. The van der Waals surface area contributed by atoms with Gasteiger partial charge >= 0.3 is 0 Å². The van der Waals surface area contributed by atoms with Gasteiger partial charge in [-0.2, -0.15) is 0 Å². The predicted molar refractivity (Wildman–Crippen MR) is 95.6 cm³/mol. The number of nitrogens with one attached hydrogen (secondary N) is 1. The fourth-order valence-corrected chi connectivity index (χ4v) is 3.51. The van der Waals surface area contributed by atoms with Gasteiger partial charge < -0.3 is 5.32 Å². The summed E-state index contributed by atoms with van der Waals surface area (Å²) >= 11 is 3.42. The number of hydrogen-bond donors (Lipinski definition) is 1. The van der Waals surface area contributed by atoms with E-state index in [1.807, 2.05) is 24.3 Å². The van der Waals surface area contributed by atoms with Crippen LogP contribution in [0.25, 0.3) is 5.57 Å². The molecule has 0 fully saturated rings. The molecule has 5 nitrogen and oxygen atoms in total. The normalized spacial score (nSPS) is 17.2. The van der Waals surface area contributed by atoms with Crippen LogP contribution in [0.15, 0.2) is 58.7 Å². The Labute approximate surface area is 147 Å². The molecule has 1 N–H and O–H groups in total. The molecule has 122 valence electrons. The van der Waals surface area contributed by atoms with Gasteiger partial charge in [0.15, 0.2) is 5.78 Å². The highest BCUT2D eigenvalue weighted by Crippen LogP contribution is 2.42. The maximum atomic E-state index is 13.0. The van der Waals surface area contributed by atoms with Crippen molar-refractivity contribution in [1.29, 1.82) is 0 Å². The Morgan fingerprint density at radius 2 is 1.96 bits per heavy atom. The first kappa shape index (κ1) is 16.4. The minimum Gasteiger partial charge on any atom is -0.391 e. The van der Waals surface area contributed by atoms with Crippen LogP contribution in [0, 0.1) is 10.1 Å². The highest BCUT2D eigenvalue weighted by atomic mass is 79.9. The zero-order valence-corrected chi connectivity index (χ0v) is 14.5. The summed E-state index contributed by atoms with van der Waals surface area (Å²) < 4.78 is 0.880. The van der Waals surface area contributed by atoms with E-state index in [1.54, 1.807) is 25.2 Å². The lowest BCUT2D eigenvalue weighted by Gasteiger charge is -2.10. The van der Waals surface area contributed by atoms with Crippen molar-refractivity contribution in [3.05, 3.63) is 79.9 Å². The molecule has 0 bridgehead atoms. The highest BCUT2D eigenvalue weighted by Gasteiger charge is 2.37. The van der Waals surface area contributed by atoms with Crippen LogP contribution in [0.4, 0.5) is 5.69 Å². The Morgan fingerprint density at radius 1 is 1.21 bits per heavy atom. The van der Waals surface area contributed by atoms with E-state index in [4.69, 9.17) is 0 Å². The van der Waals surface area contributed by atoms with Gasteiger partial charge in [-0.05, 0) is 17.7 Å². The fraction of sp³-hybridized carbons (Fsp3) is 0.167. The second kappa shape index (κ2) is 6.57. The lowest BCUT2D eigenvalue weighted by Crippen LogP contribution is -2.10. The van der Waals surface area contributed by atoms with Crippen molar-refractivity contribution in [3.63, 3.8) is 0 Å². The Morgan fingerprint density at radius 3 is 2.62 bits per heavy atom. The molecule has 1 aliphatic rings. The molecule has 0 saturated heterocycles. The van der Waals surface area contributed by atoms with Crippen LogP contribution in [-0.2, 0) is 4.79 Å². The monoisotopic (exact) mass is 386 g/mol. The number of carbonyl (C=O) groups excluding carboxylic acids is 1. The predicted octanol–water partition coefficient (Wildman–Crippen LogP) is 4.04. The van der Waals surface area contributed by atoms with E-state index < -0.39 is 10.8 Å². The van der Waals surface area contributed by atoms with Gasteiger partial charge in [0, 0.05) is 40.8 Å². The molecule has 0 saturated carbocycles. The molecule has 0 heterocycles. The minimum absolute atomic E-state index is 0.0122. The first-order chi connectivity index (χ1) is 11.5. The van der Waals surface area contributed by atoms with Gasteiger partial charge in [0.1, 0.15) is 0 Å². The largest absolute Gasteiger partial charge is 0.391 e. The highest BCUT2D eigenvalue weighted by molar-refractivity contribution is 9.10. The summed E-state index contributed by atoms with van der Waals surface area (Å²) in [6, 6.07) is 14.0. The van der Waals surface area contributed by atoms with E-state index in [1.165, 1.54) is 6.07 Å². The van der Waals surface area contributed by atoms with Crippen LogP contribution in [-0.4, -0.2) is 17.8 Å². The van der Waals surface area contributed by atoms with Crippen LogP contribution >= 0.6 is 15.9 Å². The minimum atomic E-state index is -0.539. The molecule has 2 aromatic carbocycles. The topological polar surface area (TPSA) is 72.2 Å². The lowest BCUT2D eigenvalue weighted by molar-refractivity contribution is -0.385. The summed E-state index contributed by atoms with van der Waals surface area (Å²) in [6.45, 7) is 0. The smallest absolute Gasteiger partial charge is 0.273 e. The third kappa shape index (κ3) is 2.85. The number of rotatable bonds is 4. The Hall–Kier alpha value is -2.47. The molecule has 2 aromatic rings. The van der Waals surface area contributed by atoms with E-state index in [9.17, 15) is 14.9 Å². The van der Waals surface area contributed by atoms with E-state index >= 15 is 0 Å². The average Bonchev–Trinajstić information content (AvgIpc) is 2.91. The number of carbonyl (C=O) groups is 1. The molecule has 24 heavy (non-hydrogen) atoms. The Kier molecular flexibility index (Phi) is 4.49. The number of benzene rings is 2. The van der Waals surface area contributed by atoms with Gasteiger partial charge in [0.25, 0.3) is 5.69 Å². The number of nitro benzene ring substituents is 1. The van der Waals surface area contributed by atoms with Crippen molar-refractivity contribution >= 4 is 33.0 Å².